The van der Waals surface area contributed by atoms with Crippen LogP contribution in [0.15, 0.2) is 36.5 Å². The van der Waals surface area contributed by atoms with Gasteiger partial charge in [0.25, 0.3) is 5.91 Å². The fourth-order valence-electron chi connectivity index (χ4n) is 3.26. The van der Waals surface area contributed by atoms with Gasteiger partial charge in [-0.15, -0.1) is 0 Å². The minimum absolute atomic E-state index is 0.198. The highest BCUT2D eigenvalue weighted by molar-refractivity contribution is 6.08. The van der Waals surface area contributed by atoms with E-state index in [1.807, 2.05) is 31.1 Å². The Bertz CT molecular complexity index is 770. The number of methoxy groups -OCH3 is 1. The summed E-state index contributed by atoms with van der Waals surface area (Å²) >= 11 is 0. The summed E-state index contributed by atoms with van der Waals surface area (Å²) in [7, 11) is 5.36. The monoisotopic (exact) mass is 354 g/mol. The molecule has 1 aliphatic rings. The second kappa shape index (κ2) is 8.08. The number of pyridine rings is 1. The first-order valence-electron chi connectivity index (χ1n) is 8.97. The normalized spacial score (nSPS) is 14.0. The number of carbonyl (C=O) groups is 1. The maximum atomic E-state index is 12.8. The molecule has 3 rings (SSSR count). The number of anilines is 3. The van der Waals surface area contributed by atoms with Crippen molar-refractivity contribution in [2.45, 2.75) is 19.3 Å². The molecule has 1 aromatic carbocycles. The molecule has 0 spiro atoms. The molecule has 1 aliphatic heterocycles. The van der Waals surface area contributed by atoms with E-state index in [0.29, 0.717) is 22.8 Å². The smallest absolute Gasteiger partial charge is 0.259 e. The van der Waals surface area contributed by atoms with Crippen molar-refractivity contribution in [1.82, 2.24) is 4.98 Å². The second-order valence-corrected chi connectivity index (χ2v) is 6.66. The number of nitrogens with zero attached hydrogens (tertiary/aromatic N) is 3. The number of rotatable bonds is 5. The molecule has 2 heterocycles. The first-order valence-corrected chi connectivity index (χ1v) is 8.97. The summed E-state index contributed by atoms with van der Waals surface area (Å²) < 4.78 is 5.44. The summed E-state index contributed by atoms with van der Waals surface area (Å²) in [5, 5.41) is 3.00. The first kappa shape index (κ1) is 18.0. The number of nitrogens with one attached hydrogen (secondary N) is 1. The summed E-state index contributed by atoms with van der Waals surface area (Å²) in [6.07, 6.45) is 5.37. The van der Waals surface area contributed by atoms with Crippen LogP contribution in [0.4, 0.5) is 17.2 Å². The summed E-state index contributed by atoms with van der Waals surface area (Å²) in [5.41, 5.74) is 2.32. The van der Waals surface area contributed by atoms with Gasteiger partial charge in [0.1, 0.15) is 11.6 Å². The second-order valence-electron chi connectivity index (χ2n) is 6.66. The average molecular weight is 354 g/mol. The van der Waals surface area contributed by atoms with Crippen molar-refractivity contribution in [3.8, 4) is 5.75 Å². The van der Waals surface area contributed by atoms with Crippen LogP contribution < -0.4 is 19.9 Å². The van der Waals surface area contributed by atoms with E-state index in [4.69, 9.17) is 4.74 Å². The number of aromatic nitrogens is 1. The van der Waals surface area contributed by atoms with Crippen LogP contribution in [0, 0.1) is 0 Å². The lowest BCUT2D eigenvalue weighted by atomic mass is 10.1. The van der Waals surface area contributed by atoms with Crippen LogP contribution in [0.2, 0.25) is 0 Å². The van der Waals surface area contributed by atoms with Crippen molar-refractivity contribution in [2.24, 2.45) is 0 Å². The molecule has 1 amide bonds. The predicted octanol–water partition coefficient (Wildman–Crippen LogP) is 3.40. The van der Waals surface area contributed by atoms with Crippen molar-refractivity contribution in [3.05, 3.63) is 42.1 Å². The van der Waals surface area contributed by atoms with E-state index in [2.05, 4.69) is 21.3 Å². The fourth-order valence-corrected chi connectivity index (χ4v) is 3.26. The van der Waals surface area contributed by atoms with Crippen LogP contribution in [0.1, 0.15) is 29.6 Å². The number of carbonyl (C=O) groups excluding carboxylic acids is 1. The molecule has 138 valence electrons. The Hall–Kier alpha value is -2.76. The van der Waals surface area contributed by atoms with Crippen molar-refractivity contribution in [2.75, 3.05) is 49.4 Å². The maximum Gasteiger partial charge on any atom is 0.259 e. The number of amides is 1. The van der Waals surface area contributed by atoms with Crippen LogP contribution in [0.25, 0.3) is 0 Å². The molecule has 26 heavy (non-hydrogen) atoms. The van der Waals surface area contributed by atoms with E-state index in [-0.39, 0.29) is 5.91 Å². The molecular formula is C20H26N4O2. The molecule has 0 saturated carbocycles. The zero-order valence-corrected chi connectivity index (χ0v) is 15.7. The minimum atomic E-state index is -0.198. The Labute approximate surface area is 154 Å². The minimum Gasteiger partial charge on any atom is -0.495 e. The Kier molecular flexibility index (Phi) is 5.61. The number of hydrogen-bond acceptors (Lipinski definition) is 5. The zero-order valence-electron chi connectivity index (χ0n) is 15.7. The molecule has 0 unspecified atom stereocenters. The van der Waals surface area contributed by atoms with Gasteiger partial charge in [-0.25, -0.2) is 4.98 Å². The molecule has 0 aliphatic carbocycles. The molecule has 0 radical (unpaired) electrons. The van der Waals surface area contributed by atoms with Crippen LogP contribution in [-0.4, -0.2) is 45.2 Å². The van der Waals surface area contributed by atoms with E-state index in [1.54, 1.807) is 25.4 Å². The highest BCUT2D eigenvalue weighted by atomic mass is 16.5. The SMILES string of the molecule is COc1ccc(N2CCCCC2)cc1NC(=O)c1cccnc1N(C)C. The van der Waals surface area contributed by atoms with Crippen molar-refractivity contribution < 1.29 is 9.53 Å². The lowest BCUT2D eigenvalue weighted by Gasteiger charge is -2.29. The van der Waals surface area contributed by atoms with E-state index in [9.17, 15) is 4.79 Å². The van der Waals surface area contributed by atoms with Gasteiger partial charge in [0.15, 0.2) is 0 Å². The Morgan fingerprint density at radius 3 is 2.65 bits per heavy atom. The van der Waals surface area contributed by atoms with E-state index >= 15 is 0 Å². The average Bonchev–Trinajstić information content (AvgIpc) is 2.68. The Balaban J connectivity index is 1.87. The summed E-state index contributed by atoms with van der Waals surface area (Å²) in [5.74, 6) is 1.08. The van der Waals surface area contributed by atoms with Gasteiger partial charge in [0.05, 0.1) is 18.4 Å². The number of piperidine rings is 1. The third-order valence-corrected chi connectivity index (χ3v) is 4.61. The molecular weight excluding hydrogens is 328 g/mol. The Morgan fingerprint density at radius 1 is 1.19 bits per heavy atom. The highest BCUT2D eigenvalue weighted by Crippen LogP contribution is 2.31. The van der Waals surface area contributed by atoms with Gasteiger partial charge in [-0.05, 0) is 49.6 Å². The number of hydrogen-bond donors (Lipinski definition) is 1. The standard InChI is InChI=1S/C20H26N4O2/c1-23(2)19-16(8-7-11-21-19)20(25)22-17-14-15(9-10-18(17)26-3)24-12-5-4-6-13-24/h7-11,14H,4-6,12-13H2,1-3H3,(H,22,25). The molecule has 2 aromatic rings. The van der Waals surface area contributed by atoms with Crippen LogP contribution in [-0.2, 0) is 0 Å². The number of benzene rings is 1. The third kappa shape index (κ3) is 3.90. The molecule has 6 heteroatoms. The van der Waals surface area contributed by atoms with Crippen molar-refractivity contribution in [1.29, 1.82) is 0 Å². The van der Waals surface area contributed by atoms with Gasteiger partial charge < -0.3 is 19.9 Å². The van der Waals surface area contributed by atoms with Crippen LogP contribution in [0.3, 0.4) is 0 Å². The summed E-state index contributed by atoms with van der Waals surface area (Å²) in [6, 6.07) is 9.50. The molecule has 1 N–H and O–H groups in total. The van der Waals surface area contributed by atoms with Gasteiger partial charge in [-0.3, -0.25) is 4.79 Å². The highest BCUT2D eigenvalue weighted by Gasteiger charge is 2.18. The van der Waals surface area contributed by atoms with Gasteiger partial charge in [0, 0.05) is 39.1 Å². The van der Waals surface area contributed by atoms with Gasteiger partial charge >= 0.3 is 0 Å². The Morgan fingerprint density at radius 2 is 1.96 bits per heavy atom. The third-order valence-electron chi connectivity index (χ3n) is 4.61. The summed E-state index contributed by atoms with van der Waals surface area (Å²) in [4.78, 5) is 21.3. The molecule has 1 aromatic heterocycles. The molecule has 6 nitrogen and oxygen atoms in total. The topological polar surface area (TPSA) is 57.7 Å². The lowest BCUT2D eigenvalue weighted by molar-refractivity contribution is 0.102. The predicted molar refractivity (Wildman–Crippen MR) is 106 cm³/mol. The van der Waals surface area contributed by atoms with E-state index < -0.39 is 0 Å². The quantitative estimate of drug-likeness (QED) is 0.892. The molecule has 0 bridgehead atoms. The molecule has 1 saturated heterocycles. The van der Waals surface area contributed by atoms with E-state index in [1.165, 1.54) is 19.3 Å². The summed E-state index contributed by atoms with van der Waals surface area (Å²) in [6.45, 7) is 2.10. The van der Waals surface area contributed by atoms with E-state index in [0.717, 1.165) is 18.8 Å². The lowest BCUT2D eigenvalue weighted by Crippen LogP contribution is -2.29. The van der Waals surface area contributed by atoms with Crippen molar-refractivity contribution in [3.63, 3.8) is 0 Å². The van der Waals surface area contributed by atoms with Crippen molar-refractivity contribution >= 4 is 23.1 Å². The van der Waals surface area contributed by atoms with Gasteiger partial charge in [0.2, 0.25) is 0 Å². The zero-order chi connectivity index (χ0) is 18.5. The molecule has 1 fully saturated rings. The number of ether oxygens (including phenoxy) is 1. The first-order chi connectivity index (χ1) is 12.6. The maximum absolute atomic E-state index is 12.8. The largest absolute Gasteiger partial charge is 0.495 e. The van der Waals surface area contributed by atoms with Crippen LogP contribution in [0.5, 0.6) is 5.75 Å². The van der Waals surface area contributed by atoms with Gasteiger partial charge in [-0.1, -0.05) is 0 Å². The van der Waals surface area contributed by atoms with Crippen LogP contribution >= 0.6 is 0 Å². The molecule has 0 atom stereocenters. The fraction of sp³-hybridized carbons (Fsp3) is 0.400. The van der Waals surface area contributed by atoms with Gasteiger partial charge in [-0.2, -0.15) is 0 Å².